The molecule has 0 radical (unpaired) electrons. The van der Waals surface area contributed by atoms with Gasteiger partial charge in [-0.05, 0) is 93.2 Å². The first kappa shape index (κ1) is 57.0. The number of halogens is 4. The van der Waals surface area contributed by atoms with Crippen LogP contribution in [0.2, 0.25) is 10.0 Å². The summed E-state index contributed by atoms with van der Waals surface area (Å²) in [5.74, 6) is 3.82. The second-order valence-electron chi connectivity index (χ2n) is 22.2. The number of nitrogens with two attached hydrogens (primary N) is 1. The van der Waals surface area contributed by atoms with E-state index in [1.807, 2.05) is 19.3 Å². The summed E-state index contributed by atoms with van der Waals surface area (Å²) < 4.78 is 34.3. The van der Waals surface area contributed by atoms with Crippen LogP contribution in [0.4, 0.5) is 37.7 Å². The average Bonchev–Trinajstić information content (AvgIpc) is 4.45. The fourth-order valence-corrected chi connectivity index (χ4v) is 13.2. The number of fused-ring (bicyclic) bond motifs is 4. The number of aliphatic imine (C=N–C) groups is 2. The van der Waals surface area contributed by atoms with Crippen molar-refractivity contribution in [1.82, 2.24) is 45.1 Å². The van der Waals surface area contributed by atoms with Crippen LogP contribution in [0.15, 0.2) is 83.3 Å². The Hall–Kier alpha value is -6.80. The van der Waals surface area contributed by atoms with Crippen molar-refractivity contribution in [3.8, 4) is 0 Å². The highest BCUT2D eigenvalue weighted by molar-refractivity contribution is 6.32. The highest BCUT2D eigenvalue weighted by atomic mass is 35.5. The van der Waals surface area contributed by atoms with E-state index in [4.69, 9.17) is 53.6 Å². The van der Waals surface area contributed by atoms with E-state index in [0.717, 1.165) is 84.0 Å². The van der Waals surface area contributed by atoms with Crippen LogP contribution in [0.1, 0.15) is 130 Å². The molecule has 4 aliphatic heterocycles. The van der Waals surface area contributed by atoms with Crippen molar-refractivity contribution < 1.29 is 13.5 Å². The zero-order valence-corrected chi connectivity index (χ0v) is 48.9. The number of rotatable bonds is 11. The SMILES string of the molecule is CC[C@@H]1CCCC[C@@H]1N(C)c1cnc2c(n1)CN=C2c1cccc(Cl)c1F.CC[C@@H]1CCCC[C@H]1N(C)c1cnc2c(n1)CN=C2c1cccc(Cl)c1F.CN(c1cnc2c(N3CCCc4ncccc43)n[nH]c2n1)[C@H]1CCOC[C@H]1N. The number of aromatic amines is 1. The Labute approximate surface area is 488 Å². The lowest BCUT2D eigenvalue weighted by molar-refractivity contribution is 0.0698. The quantitative estimate of drug-likeness (QED) is 0.124. The van der Waals surface area contributed by atoms with E-state index in [9.17, 15) is 8.78 Å². The molecule has 6 atom stereocenters. The molecule has 0 unspecified atom stereocenters. The van der Waals surface area contributed by atoms with Crippen LogP contribution in [0.5, 0.6) is 0 Å². The van der Waals surface area contributed by atoms with E-state index in [1.54, 1.807) is 42.9 Å². The number of H-pyrrole nitrogens is 1. The first-order valence-corrected chi connectivity index (χ1v) is 29.8. The maximum absolute atomic E-state index is 14.4. The van der Waals surface area contributed by atoms with E-state index in [-0.39, 0.29) is 22.1 Å². The lowest BCUT2D eigenvalue weighted by Gasteiger charge is -2.38. The van der Waals surface area contributed by atoms with Gasteiger partial charge in [0.1, 0.15) is 28.8 Å². The molecule has 6 aliphatic rings. The molecule has 82 heavy (non-hydrogen) atoms. The smallest absolute Gasteiger partial charge is 0.183 e. The third-order valence-electron chi connectivity index (χ3n) is 17.5. The van der Waals surface area contributed by atoms with E-state index < -0.39 is 11.6 Å². The van der Waals surface area contributed by atoms with Gasteiger partial charge in [0.25, 0.3) is 0 Å². The van der Waals surface area contributed by atoms with Crippen LogP contribution >= 0.6 is 23.2 Å². The van der Waals surface area contributed by atoms with E-state index in [0.29, 0.717) is 83.2 Å². The van der Waals surface area contributed by atoms with E-state index >= 15 is 0 Å². The second-order valence-corrected chi connectivity index (χ2v) is 23.1. The van der Waals surface area contributed by atoms with Crippen LogP contribution in [0.3, 0.4) is 0 Å². The molecule has 5 aromatic heterocycles. The number of likely N-dealkylation sites (N-methyl/N-ethyl adjacent to an activating group) is 1. The molecule has 9 heterocycles. The summed E-state index contributed by atoms with van der Waals surface area (Å²) in [5.41, 5.74) is 14.6. The third-order valence-corrected chi connectivity index (χ3v) is 18.1. The fraction of sp³-hybridized carbons (Fsp3) is 0.475. The standard InChI is InChI=1S/2C21H24ClFN4.C19H24N8O/c2*1-3-13-7-4-5-10-17(13)27(2)18-12-25-21-16(26-18)11-24-20(21)14-8-6-9-15(22)19(14)23;1-26(14-6-9-28-11-12(14)20)16-10-22-17-18(23-16)24-25-19(17)27-8-3-4-13-15(27)5-2-7-21-13/h2*6,8-9,12-13,17H,3-5,7,10-11H2,1-2H3;2,5,7,10,12,14H,3-4,6,8-9,11,20H2,1H3,(H,23,24,25)/t13-,17+;13-,17-;12-,14+/m111/s1. The monoisotopic (exact) mass is 1150 g/mol. The molecule has 2 aliphatic carbocycles. The second kappa shape index (κ2) is 25.4. The highest BCUT2D eigenvalue weighted by Crippen LogP contribution is 2.37. The van der Waals surface area contributed by atoms with Crippen molar-refractivity contribution in [2.75, 3.05) is 60.5 Å². The summed E-state index contributed by atoms with van der Waals surface area (Å²) in [7, 11) is 6.24. The van der Waals surface area contributed by atoms with Crippen LogP contribution < -0.4 is 25.3 Å². The molecule has 7 aromatic rings. The lowest BCUT2D eigenvalue weighted by Crippen LogP contribution is -2.52. The van der Waals surface area contributed by atoms with Crippen LogP contribution in [-0.2, 0) is 24.2 Å². The van der Waals surface area contributed by atoms with Gasteiger partial charge in [0, 0.05) is 75.8 Å². The average molecular weight is 1150 g/mol. The predicted octanol–water partition coefficient (Wildman–Crippen LogP) is 11.4. The largest absolute Gasteiger partial charge is 0.380 e. The first-order chi connectivity index (χ1) is 39.9. The van der Waals surface area contributed by atoms with Crippen molar-refractivity contribution >= 4 is 74.7 Å². The van der Waals surface area contributed by atoms with E-state index in [1.165, 1.54) is 76.3 Å². The normalized spacial score (nSPS) is 21.9. The van der Waals surface area contributed by atoms with Gasteiger partial charge < -0.3 is 30.1 Å². The molecule has 2 aromatic carbocycles. The Morgan fingerprint density at radius 1 is 0.646 bits per heavy atom. The Morgan fingerprint density at radius 2 is 1.20 bits per heavy atom. The number of benzene rings is 2. The molecule has 3 N–H and O–H groups in total. The zero-order chi connectivity index (χ0) is 57.0. The summed E-state index contributed by atoms with van der Waals surface area (Å²) in [6.45, 7) is 7.56. The Balaban J connectivity index is 0.000000129. The highest BCUT2D eigenvalue weighted by Gasteiger charge is 2.33. The number of aromatic nitrogens is 9. The van der Waals surface area contributed by atoms with Crippen LogP contribution in [-0.4, -0.2) is 122 Å². The van der Waals surface area contributed by atoms with Gasteiger partial charge in [-0.25, -0.2) is 38.7 Å². The van der Waals surface area contributed by atoms with Crippen molar-refractivity contribution in [3.05, 3.63) is 135 Å². The zero-order valence-electron chi connectivity index (χ0n) is 47.4. The number of hydrogen-bond acceptors (Lipinski definition) is 16. The molecule has 2 saturated carbocycles. The number of nitrogens with one attached hydrogen (secondary N) is 1. The maximum atomic E-state index is 14.4. The summed E-state index contributed by atoms with van der Waals surface area (Å²) in [6, 6.07) is 15.1. The van der Waals surface area contributed by atoms with Gasteiger partial charge >= 0.3 is 0 Å². The third kappa shape index (κ3) is 11.6. The Morgan fingerprint density at radius 3 is 1.77 bits per heavy atom. The molecular formula is C61H72Cl2F2N16O. The number of ether oxygens (including phenoxy) is 1. The minimum Gasteiger partial charge on any atom is -0.380 e. The van der Waals surface area contributed by atoms with Gasteiger partial charge in [-0.1, -0.05) is 87.7 Å². The molecule has 21 heteroatoms. The number of nitrogens with zero attached hydrogens (tertiary/aromatic N) is 14. The van der Waals surface area contributed by atoms with Gasteiger partial charge in [-0.15, -0.1) is 0 Å². The molecular weight excluding hydrogens is 1080 g/mol. The Bertz CT molecular complexity index is 3330. The van der Waals surface area contributed by atoms with Gasteiger partial charge in [-0.2, -0.15) is 5.10 Å². The van der Waals surface area contributed by atoms with Gasteiger partial charge in [-0.3, -0.25) is 20.1 Å². The van der Waals surface area contributed by atoms with Gasteiger partial charge in [0.15, 0.2) is 28.6 Å². The number of pyridine rings is 1. The summed E-state index contributed by atoms with van der Waals surface area (Å²) in [4.78, 5) is 50.6. The number of aryl methyl sites for hydroxylation is 1. The summed E-state index contributed by atoms with van der Waals surface area (Å²) in [5, 5.41) is 7.77. The molecule has 0 amide bonds. The lowest BCUT2D eigenvalue weighted by atomic mass is 9.82. The topological polar surface area (TPSA) is 192 Å². The number of anilines is 5. The predicted molar refractivity (Wildman–Crippen MR) is 321 cm³/mol. The molecule has 17 nitrogen and oxygen atoms in total. The molecule has 0 bridgehead atoms. The molecule has 430 valence electrons. The molecule has 1 saturated heterocycles. The molecule has 0 spiro atoms. The van der Waals surface area contributed by atoms with Crippen molar-refractivity contribution in [2.45, 2.75) is 135 Å². The van der Waals surface area contributed by atoms with Gasteiger partial charge in [0.2, 0.25) is 0 Å². The molecule has 3 fully saturated rings. The van der Waals surface area contributed by atoms with Crippen LogP contribution in [0, 0.1) is 23.5 Å². The minimum absolute atomic E-state index is 0.0362. The fourth-order valence-electron chi connectivity index (χ4n) is 12.9. The van der Waals surface area contributed by atoms with Crippen molar-refractivity contribution in [3.63, 3.8) is 0 Å². The van der Waals surface area contributed by atoms with Crippen molar-refractivity contribution in [2.24, 2.45) is 27.6 Å². The van der Waals surface area contributed by atoms with Gasteiger partial charge in [0.05, 0.1) is 82.5 Å². The minimum atomic E-state index is -0.457. The Kier molecular flexibility index (Phi) is 17.6. The molecule has 13 rings (SSSR count). The maximum Gasteiger partial charge on any atom is 0.183 e. The summed E-state index contributed by atoms with van der Waals surface area (Å²) >= 11 is 11.9. The first-order valence-electron chi connectivity index (χ1n) is 29.1. The number of hydrogen-bond donors (Lipinski definition) is 2. The summed E-state index contributed by atoms with van der Waals surface area (Å²) in [6.07, 6.45) is 22.7. The van der Waals surface area contributed by atoms with E-state index in [2.05, 4.69) is 88.7 Å². The van der Waals surface area contributed by atoms with Crippen LogP contribution in [0.25, 0.3) is 11.2 Å². The van der Waals surface area contributed by atoms with Crippen molar-refractivity contribution in [1.29, 1.82) is 0 Å².